The fraction of sp³-hybridized carbons (Fsp3) is 0.714. The first-order valence-corrected chi connectivity index (χ1v) is 11.4. The van der Waals surface area contributed by atoms with E-state index in [1.54, 1.807) is 0 Å². The normalized spacial score (nSPS) is 20.4. The predicted octanol–water partition coefficient (Wildman–Crippen LogP) is 2.81. The molecule has 7 heteroatoms. The van der Waals surface area contributed by atoms with E-state index in [1.165, 1.54) is 37.9 Å². The molecule has 3 rings (SSSR count). The van der Waals surface area contributed by atoms with E-state index < -0.39 is 0 Å². The van der Waals surface area contributed by atoms with E-state index in [1.807, 2.05) is 11.3 Å². The minimum atomic E-state index is -0.0732. The Morgan fingerprint density at radius 1 is 1.25 bits per heavy atom. The average molecular weight is 407 g/mol. The van der Waals surface area contributed by atoms with Crippen molar-refractivity contribution in [1.82, 2.24) is 15.1 Å². The number of carbonyl (C=O) groups is 1. The Morgan fingerprint density at radius 3 is 2.61 bits per heavy atom. The van der Waals surface area contributed by atoms with Gasteiger partial charge >= 0.3 is 5.97 Å². The molecular weight excluding hydrogens is 372 g/mol. The van der Waals surface area contributed by atoms with Crippen LogP contribution < -0.4 is 5.32 Å². The molecule has 0 spiro atoms. The summed E-state index contributed by atoms with van der Waals surface area (Å²) in [6.45, 7) is 9.03. The van der Waals surface area contributed by atoms with Crippen molar-refractivity contribution in [3.63, 3.8) is 0 Å². The smallest absolute Gasteiger partial charge is 0.308 e. The molecule has 0 aromatic carbocycles. The molecule has 1 aromatic heterocycles. The first kappa shape index (κ1) is 21.1. The lowest BCUT2D eigenvalue weighted by molar-refractivity contribution is -0.146. The van der Waals surface area contributed by atoms with Gasteiger partial charge in [-0.25, -0.2) is 0 Å². The van der Waals surface area contributed by atoms with E-state index in [2.05, 4.69) is 39.6 Å². The quantitative estimate of drug-likeness (QED) is 0.447. The maximum absolute atomic E-state index is 11.7. The van der Waals surface area contributed by atoms with Crippen molar-refractivity contribution in [2.45, 2.75) is 39.2 Å². The third-order valence-corrected chi connectivity index (χ3v) is 6.69. The average Bonchev–Trinajstić information content (AvgIpc) is 3.25. The van der Waals surface area contributed by atoms with Crippen LogP contribution in [-0.4, -0.2) is 68.1 Å². The van der Waals surface area contributed by atoms with Gasteiger partial charge in [0.15, 0.2) is 5.96 Å². The summed E-state index contributed by atoms with van der Waals surface area (Å²) in [4.78, 5) is 23.0. The maximum atomic E-state index is 11.7. The lowest BCUT2D eigenvalue weighted by Gasteiger charge is -2.34. The van der Waals surface area contributed by atoms with Crippen LogP contribution in [0.15, 0.2) is 22.5 Å². The van der Waals surface area contributed by atoms with Gasteiger partial charge in [-0.1, -0.05) is 6.07 Å². The largest absolute Gasteiger partial charge is 0.469 e. The number of esters is 1. The van der Waals surface area contributed by atoms with Gasteiger partial charge in [0.2, 0.25) is 0 Å². The zero-order chi connectivity index (χ0) is 19.8. The van der Waals surface area contributed by atoms with Gasteiger partial charge in [-0.3, -0.25) is 14.7 Å². The third kappa shape index (κ3) is 5.95. The van der Waals surface area contributed by atoms with Gasteiger partial charge in [-0.15, -0.1) is 11.3 Å². The lowest BCUT2D eigenvalue weighted by Crippen LogP contribution is -2.47. The number of hydrogen-bond donors (Lipinski definition) is 1. The summed E-state index contributed by atoms with van der Waals surface area (Å²) in [6, 6.07) is 4.37. The zero-order valence-corrected chi connectivity index (χ0v) is 18.0. The van der Waals surface area contributed by atoms with E-state index in [4.69, 9.17) is 9.73 Å². The highest BCUT2D eigenvalue weighted by Gasteiger charge is 2.27. The number of hydrogen-bond acceptors (Lipinski definition) is 5. The summed E-state index contributed by atoms with van der Waals surface area (Å²) in [5.41, 5.74) is 0. The molecule has 0 bridgehead atoms. The standard InChI is InChI=1S/C21H34N4O2S/c1-3-22-21(25-12-8-18(9-13-25)20(26)27-2)23-15-17-6-10-24(11-7-17)16-19-5-4-14-28-19/h4-5,14,17-18H,3,6-13,15-16H2,1-2H3,(H,22,23). The minimum Gasteiger partial charge on any atom is -0.469 e. The van der Waals surface area contributed by atoms with Crippen LogP contribution in [0.3, 0.4) is 0 Å². The zero-order valence-electron chi connectivity index (χ0n) is 17.2. The lowest BCUT2D eigenvalue weighted by atomic mass is 9.96. The molecule has 0 unspecified atom stereocenters. The summed E-state index contributed by atoms with van der Waals surface area (Å²) >= 11 is 1.85. The van der Waals surface area contributed by atoms with Crippen LogP contribution in [0.25, 0.3) is 0 Å². The number of likely N-dealkylation sites (tertiary alicyclic amines) is 2. The summed E-state index contributed by atoms with van der Waals surface area (Å²) in [5, 5.41) is 5.60. The van der Waals surface area contributed by atoms with Crippen LogP contribution in [0.4, 0.5) is 0 Å². The fourth-order valence-corrected chi connectivity index (χ4v) is 4.83. The molecule has 1 N–H and O–H groups in total. The first-order valence-electron chi connectivity index (χ1n) is 10.6. The van der Waals surface area contributed by atoms with Crippen LogP contribution in [0.1, 0.15) is 37.5 Å². The molecule has 156 valence electrons. The van der Waals surface area contributed by atoms with Gasteiger partial charge < -0.3 is 15.0 Å². The number of aliphatic imine (C=N–C) groups is 1. The number of piperidine rings is 2. The number of nitrogens with one attached hydrogen (secondary N) is 1. The van der Waals surface area contributed by atoms with Crippen molar-refractivity contribution in [1.29, 1.82) is 0 Å². The highest BCUT2D eigenvalue weighted by molar-refractivity contribution is 7.09. The summed E-state index contributed by atoms with van der Waals surface area (Å²) in [6.07, 6.45) is 4.13. The second kappa shape index (κ2) is 10.8. The Morgan fingerprint density at radius 2 is 2.00 bits per heavy atom. The second-order valence-electron chi connectivity index (χ2n) is 7.78. The first-order chi connectivity index (χ1) is 13.7. The summed E-state index contributed by atoms with van der Waals surface area (Å²) < 4.78 is 4.89. The Hall–Kier alpha value is -1.60. The van der Waals surface area contributed by atoms with Crippen molar-refractivity contribution in [3.8, 4) is 0 Å². The monoisotopic (exact) mass is 406 g/mol. The van der Waals surface area contributed by atoms with Gasteiger partial charge in [0.1, 0.15) is 0 Å². The number of carbonyl (C=O) groups excluding carboxylic acids is 1. The molecule has 2 saturated heterocycles. The van der Waals surface area contributed by atoms with Crippen molar-refractivity contribution < 1.29 is 9.53 Å². The molecule has 2 aliphatic heterocycles. The number of methoxy groups -OCH3 is 1. The Kier molecular flexibility index (Phi) is 8.15. The van der Waals surface area contributed by atoms with E-state index >= 15 is 0 Å². The number of thiophene rings is 1. The Bertz CT molecular complexity index is 618. The van der Waals surface area contributed by atoms with Crippen LogP contribution in [0.2, 0.25) is 0 Å². The van der Waals surface area contributed by atoms with E-state index in [-0.39, 0.29) is 11.9 Å². The third-order valence-electron chi connectivity index (χ3n) is 5.83. The molecule has 0 radical (unpaired) electrons. The Balaban J connectivity index is 1.45. The molecule has 2 fully saturated rings. The van der Waals surface area contributed by atoms with Crippen molar-refractivity contribution in [2.75, 3.05) is 46.4 Å². The van der Waals surface area contributed by atoms with Crippen LogP contribution in [0.5, 0.6) is 0 Å². The molecule has 0 atom stereocenters. The molecular formula is C21H34N4O2S. The number of ether oxygens (including phenoxy) is 1. The van der Waals surface area contributed by atoms with E-state index in [9.17, 15) is 4.79 Å². The van der Waals surface area contributed by atoms with Gasteiger partial charge in [-0.2, -0.15) is 0 Å². The highest BCUT2D eigenvalue weighted by atomic mass is 32.1. The molecule has 2 aliphatic rings. The highest BCUT2D eigenvalue weighted by Crippen LogP contribution is 2.22. The fourth-order valence-electron chi connectivity index (χ4n) is 4.09. The molecule has 0 aliphatic carbocycles. The number of nitrogens with zero attached hydrogens (tertiary/aromatic N) is 3. The van der Waals surface area contributed by atoms with E-state index in [0.29, 0.717) is 5.92 Å². The number of guanidine groups is 1. The van der Waals surface area contributed by atoms with Gasteiger partial charge in [-0.05, 0) is 63.1 Å². The molecule has 6 nitrogen and oxygen atoms in total. The minimum absolute atomic E-state index is 0.0387. The van der Waals surface area contributed by atoms with Gasteiger partial charge in [0.25, 0.3) is 0 Å². The molecule has 0 amide bonds. The molecule has 1 aromatic rings. The van der Waals surface area contributed by atoms with Crippen LogP contribution in [-0.2, 0) is 16.1 Å². The molecule has 28 heavy (non-hydrogen) atoms. The molecule has 0 saturated carbocycles. The molecule has 3 heterocycles. The Labute approximate surface area is 173 Å². The topological polar surface area (TPSA) is 57.2 Å². The van der Waals surface area contributed by atoms with Crippen LogP contribution in [0, 0.1) is 11.8 Å². The number of rotatable bonds is 6. The van der Waals surface area contributed by atoms with Gasteiger partial charge in [0, 0.05) is 37.6 Å². The van der Waals surface area contributed by atoms with E-state index in [0.717, 1.165) is 51.5 Å². The SMILES string of the molecule is CCNC(=NCC1CCN(Cc2cccs2)CC1)N1CCC(C(=O)OC)CC1. The predicted molar refractivity (Wildman–Crippen MR) is 115 cm³/mol. The summed E-state index contributed by atoms with van der Waals surface area (Å²) in [5.74, 6) is 1.64. The van der Waals surface area contributed by atoms with Crippen molar-refractivity contribution in [3.05, 3.63) is 22.4 Å². The van der Waals surface area contributed by atoms with Crippen LogP contribution >= 0.6 is 11.3 Å². The van der Waals surface area contributed by atoms with Crippen molar-refractivity contribution in [2.24, 2.45) is 16.8 Å². The van der Waals surface area contributed by atoms with Crippen molar-refractivity contribution >= 4 is 23.3 Å². The summed E-state index contributed by atoms with van der Waals surface area (Å²) in [7, 11) is 1.48. The van der Waals surface area contributed by atoms with Gasteiger partial charge in [0.05, 0.1) is 13.0 Å². The maximum Gasteiger partial charge on any atom is 0.308 e. The second-order valence-corrected chi connectivity index (χ2v) is 8.81.